The summed E-state index contributed by atoms with van der Waals surface area (Å²) < 4.78 is 54.5. The molecule has 0 aliphatic rings. The number of hydrogen-bond acceptors (Lipinski definition) is 3. The molecule has 1 aromatic heterocycles. The fourth-order valence-electron chi connectivity index (χ4n) is 2.20. The lowest BCUT2D eigenvalue weighted by molar-refractivity contribution is 0.504. The van der Waals surface area contributed by atoms with Crippen LogP contribution in [-0.2, 0) is 16.6 Å². The third-order valence-electron chi connectivity index (χ3n) is 3.48. The van der Waals surface area contributed by atoms with Crippen LogP contribution < -0.4 is 4.72 Å². The first-order chi connectivity index (χ1) is 12.7. The van der Waals surface area contributed by atoms with E-state index in [4.69, 9.17) is 34.8 Å². The van der Waals surface area contributed by atoms with E-state index in [0.29, 0.717) is 22.2 Å². The molecule has 2 aromatic carbocycles. The second kappa shape index (κ2) is 7.63. The molecule has 0 radical (unpaired) electrons. The normalized spacial score (nSPS) is 11.6. The van der Waals surface area contributed by atoms with E-state index in [1.54, 1.807) is 18.2 Å². The predicted molar refractivity (Wildman–Crippen MR) is 100.0 cm³/mol. The smallest absolute Gasteiger partial charge is 0.263 e. The van der Waals surface area contributed by atoms with E-state index in [-0.39, 0.29) is 17.4 Å². The molecule has 5 nitrogen and oxygen atoms in total. The molecule has 0 saturated heterocycles. The third kappa shape index (κ3) is 4.52. The Morgan fingerprint density at radius 2 is 1.70 bits per heavy atom. The molecule has 3 aromatic rings. The highest BCUT2D eigenvalue weighted by Gasteiger charge is 2.20. The first-order valence-corrected chi connectivity index (χ1v) is 9.92. The van der Waals surface area contributed by atoms with Crippen LogP contribution in [0.5, 0.6) is 0 Å². The van der Waals surface area contributed by atoms with E-state index in [0.717, 1.165) is 11.6 Å². The highest BCUT2D eigenvalue weighted by atomic mass is 35.5. The van der Waals surface area contributed by atoms with Gasteiger partial charge in [-0.1, -0.05) is 40.9 Å². The number of sulfonamides is 1. The van der Waals surface area contributed by atoms with Crippen LogP contribution in [0.15, 0.2) is 47.5 Å². The molecule has 0 aliphatic heterocycles. The summed E-state index contributed by atoms with van der Waals surface area (Å²) in [5.41, 5.74) is 0.763. The van der Waals surface area contributed by atoms with Crippen molar-refractivity contribution in [1.29, 1.82) is 0 Å². The molecule has 0 spiro atoms. The summed E-state index contributed by atoms with van der Waals surface area (Å²) in [6.45, 7) is 0.253. The van der Waals surface area contributed by atoms with Gasteiger partial charge >= 0.3 is 0 Å². The van der Waals surface area contributed by atoms with Crippen molar-refractivity contribution < 1.29 is 17.2 Å². The van der Waals surface area contributed by atoms with Gasteiger partial charge in [-0.2, -0.15) is 5.10 Å². The number of rotatable bonds is 5. The lowest BCUT2D eigenvalue weighted by atomic mass is 10.2. The van der Waals surface area contributed by atoms with Gasteiger partial charge in [-0.25, -0.2) is 17.2 Å². The summed E-state index contributed by atoms with van der Waals surface area (Å²) in [5, 5.41) is 4.86. The van der Waals surface area contributed by atoms with Crippen LogP contribution in [0.4, 0.5) is 14.6 Å². The van der Waals surface area contributed by atoms with Crippen molar-refractivity contribution in [1.82, 2.24) is 9.78 Å². The Hall–Kier alpha value is -1.87. The van der Waals surface area contributed by atoms with Crippen LogP contribution in [0.1, 0.15) is 5.56 Å². The van der Waals surface area contributed by atoms with E-state index < -0.39 is 26.6 Å². The molecular formula is C16H10Cl3F2N3O2S. The van der Waals surface area contributed by atoms with E-state index in [1.165, 1.54) is 10.9 Å². The van der Waals surface area contributed by atoms with Crippen LogP contribution >= 0.6 is 34.8 Å². The lowest BCUT2D eigenvalue weighted by Crippen LogP contribution is -2.14. The van der Waals surface area contributed by atoms with Gasteiger partial charge in [0.25, 0.3) is 10.0 Å². The van der Waals surface area contributed by atoms with Crippen LogP contribution in [0, 0.1) is 11.6 Å². The molecule has 1 N–H and O–H groups in total. The fourth-order valence-corrected chi connectivity index (χ4v) is 3.81. The SMILES string of the molecule is O=S(=O)(Nc1nn(Cc2ccc(Cl)c(Cl)c2)cc1Cl)c1ccc(F)c(F)c1. The maximum Gasteiger partial charge on any atom is 0.263 e. The average molecular weight is 453 g/mol. The van der Waals surface area contributed by atoms with Gasteiger partial charge in [-0.15, -0.1) is 0 Å². The van der Waals surface area contributed by atoms with Crippen molar-refractivity contribution in [3.8, 4) is 0 Å². The van der Waals surface area contributed by atoms with Gasteiger partial charge in [0.05, 0.1) is 21.5 Å². The van der Waals surface area contributed by atoms with Crippen LogP contribution in [0.2, 0.25) is 15.1 Å². The van der Waals surface area contributed by atoms with Crippen LogP contribution in [0.3, 0.4) is 0 Å². The fraction of sp³-hybridized carbons (Fsp3) is 0.0625. The maximum atomic E-state index is 13.3. The highest BCUT2D eigenvalue weighted by Crippen LogP contribution is 2.26. The summed E-state index contributed by atoms with van der Waals surface area (Å²) in [6.07, 6.45) is 1.41. The minimum absolute atomic E-state index is 0.0289. The van der Waals surface area contributed by atoms with Crippen molar-refractivity contribution in [2.75, 3.05) is 4.72 Å². The molecule has 0 saturated carbocycles. The summed E-state index contributed by atoms with van der Waals surface area (Å²) in [6, 6.07) is 7.21. The molecule has 142 valence electrons. The van der Waals surface area contributed by atoms with Gasteiger partial charge in [0, 0.05) is 6.20 Å². The molecule has 0 amide bonds. The second-order valence-electron chi connectivity index (χ2n) is 5.45. The van der Waals surface area contributed by atoms with Gasteiger partial charge in [0.1, 0.15) is 5.02 Å². The molecule has 27 heavy (non-hydrogen) atoms. The van der Waals surface area contributed by atoms with Gasteiger partial charge in [-0.3, -0.25) is 9.40 Å². The first-order valence-electron chi connectivity index (χ1n) is 7.30. The zero-order chi connectivity index (χ0) is 19.8. The Balaban J connectivity index is 1.83. The largest absolute Gasteiger partial charge is 0.265 e. The minimum atomic E-state index is -4.20. The topological polar surface area (TPSA) is 64.0 Å². The van der Waals surface area contributed by atoms with Crippen molar-refractivity contribution in [2.24, 2.45) is 0 Å². The number of halogens is 5. The number of hydrogen-bond donors (Lipinski definition) is 1. The molecule has 11 heteroatoms. The highest BCUT2D eigenvalue weighted by molar-refractivity contribution is 7.92. The van der Waals surface area contributed by atoms with Crippen molar-refractivity contribution in [2.45, 2.75) is 11.4 Å². The molecule has 0 atom stereocenters. The molecule has 0 unspecified atom stereocenters. The predicted octanol–water partition coefficient (Wildman–Crippen LogP) is 4.97. The minimum Gasteiger partial charge on any atom is -0.265 e. The van der Waals surface area contributed by atoms with Crippen LogP contribution in [-0.4, -0.2) is 18.2 Å². The Morgan fingerprint density at radius 3 is 2.37 bits per heavy atom. The molecular weight excluding hydrogens is 443 g/mol. The van der Waals surface area contributed by atoms with E-state index in [9.17, 15) is 17.2 Å². The zero-order valence-corrected chi connectivity index (χ0v) is 16.3. The number of benzene rings is 2. The van der Waals surface area contributed by atoms with Crippen molar-refractivity contribution >= 4 is 50.6 Å². The number of aromatic nitrogens is 2. The van der Waals surface area contributed by atoms with Crippen LogP contribution in [0.25, 0.3) is 0 Å². The van der Waals surface area contributed by atoms with Gasteiger partial charge in [0.2, 0.25) is 0 Å². The second-order valence-corrected chi connectivity index (χ2v) is 8.36. The quantitative estimate of drug-likeness (QED) is 0.594. The van der Waals surface area contributed by atoms with Crippen molar-refractivity contribution in [3.05, 3.63) is 74.9 Å². The molecule has 1 heterocycles. The standard InChI is InChI=1S/C16H10Cl3F2N3O2S/c17-11-3-1-9(5-12(11)18)7-24-8-13(19)16(22-24)23-27(25,26)10-2-4-14(20)15(21)6-10/h1-6,8H,7H2,(H,22,23). The molecule has 0 aliphatic carbocycles. The molecule has 3 rings (SSSR count). The number of anilines is 1. The summed E-state index contributed by atoms with van der Waals surface area (Å²) >= 11 is 17.8. The zero-order valence-electron chi connectivity index (χ0n) is 13.3. The average Bonchev–Trinajstić information content (AvgIpc) is 2.92. The van der Waals surface area contributed by atoms with E-state index in [1.807, 2.05) is 0 Å². The van der Waals surface area contributed by atoms with Crippen molar-refractivity contribution in [3.63, 3.8) is 0 Å². The molecule has 0 bridgehead atoms. The Labute approximate surface area is 168 Å². The first kappa shape index (κ1) is 19.9. The van der Waals surface area contributed by atoms with Gasteiger partial charge in [0.15, 0.2) is 17.5 Å². The monoisotopic (exact) mass is 451 g/mol. The third-order valence-corrected chi connectivity index (χ3v) is 5.83. The molecule has 0 fully saturated rings. The summed E-state index contributed by atoms with van der Waals surface area (Å²) in [4.78, 5) is -0.462. The van der Waals surface area contributed by atoms with E-state index >= 15 is 0 Å². The Morgan fingerprint density at radius 1 is 0.963 bits per heavy atom. The number of nitrogens with one attached hydrogen (secondary N) is 1. The Kier molecular flexibility index (Phi) is 5.62. The van der Waals surface area contributed by atoms with Gasteiger partial charge < -0.3 is 0 Å². The maximum absolute atomic E-state index is 13.3. The van der Waals surface area contributed by atoms with E-state index in [2.05, 4.69) is 9.82 Å². The van der Waals surface area contributed by atoms with Gasteiger partial charge in [-0.05, 0) is 35.9 Å². The summed E-state index contributed by atoms with van der Waals surface area (Å²) in [5.74, 6) is -2.59. The number of nitrogens with zero attached hydrogens (tertiary/aromatic N) is 2. The lowest BCUT2D eigenvalue weighted by Gasteiger charge is -2.07. The summed E-state index contributed by atoms with van der Waals surface area (Å²) in [7, 11) is -4.20. The Bertz CT molecular complexity index is 1120.